The SMILES string of the molecule is CC(C)(C)OC(=O)Nc1nc2c(Br)cc(C(=O)Nc3cccnc3)cc2s1. The third-order valence-corrected chi connectivity index (χ3v) is 4.76. The molecule has 2 aromatic heterocycles. The Balaban J connectivity index is 1.82. The summed E-state index contributed by atoms with van der Waals surface area (Å²) in [6.07, 6.45) is 2.63. The summed E-state index contributed by atoms with van der Waals surface area (Å²) in [7, 11) is 0. The third kappa shape index (κ3) is 5.01. The highest BCUT2D eigenvalue weighted by molar-refractivity contribution is 9.10. The maximum atomic E-state index is 12.5. The molecule has 3 aromatic rings. The lowest BCUT2D eigenvalue weighted by Crippen LogP contribution is -2.27. The highest BCUT2D eigenvalue weighted by Gasteiger charge is 2.19. The molecule has 9 heteroatoms. The number of carbonyl (C=O) groups excluding carboxylic acids is 2. The Morgan fingerprint density at radius 2 is 2.00 bits per heavy atom. The fourth-order valence-electron chi connectivity index (χ4n) is 2.20. The molecule has 2 amide bonds. The molecule has 2 heterocycles. The zero-order valence-corrected chi connectivity index (χ0v) is 17.3. The number of amides is 2. The van der Waals surface area contributed by atoms with Crippen LogP contribution >= 0.6 is 27.3 Å². The van der Waals surface area contributed by atoms with Crippen molar-refractivity contribution in [3.8, 4) is 0 Å². The van der Waals surface area contributed by atoms with E-state index in [0.29, 0.717) is 26.4 Å². The van der Waals surface area contributed by atoms with Crippen molar-refractivity contribution in [1.82, 2.24) is 9.97 Å². The van der Waals surface area contributed by atoms with Gasteiger partial charge in [-0.1, -0.05) is 11.3 Å². The molecular weight excluding hydrogens is 432 g/mol. The molecule has 7 nitrogen and oxygen atoms in total. The lowest BCUT2D eigenvalue weighted by atomic mass is 10.2. The van der Waals surface area contributed by atoms with Gasteiger partial charge in [0, 0.05) is 16.2 Å². The van der Waals surface area contributed by atoms with E-state index in [0.717, 1.165) is 4.70 Å². The van der Waals surface area contributed by atoms with E-state index in [2.05, 4.69) is 36.5 Å². The Morgan fingerprint density at radius 3 is 2.67 bits per heavy atom. The predicted octanol–water partition coefficient (Wildman–Crippen LogP) is 5.05. The van der Waals surface area contributed by atoms with Crippen molar-refractivity contribution in [2.75, 3.05) is 10.6 Å². The number of rotatable bonds is 3. The molecule has 0 aliphatic carbocycles. The van der Waals surface area contributed by atoms with E-state index >= 15 is 0 Å². The van der Waals surface area contributed by atoms with Gasteiger partial charge in [-0.05, 0) is 61.0 Å². The van der Waals surface area contributed by atoms with Gasteiger partial charge in [-0.25, -0.2) is 9.78 Å². The molecule has 0 fully saturated rings. The number of anilines is 2. The Kier molecular flexibility index (Phi) is 5.43. The van der Waals surface area contributed by atoms with Crippen molar-refractivity contribution in [3.63, 3.8) is 0 Å². The monoisotopic (exact) mass is 448 g/mol. The minimum absolute atomic E-state index is 0.263. The maximum absolute atomic E-state index is 12.5. The van der Waals surface area contributed by atoms with Crippen molar-refractivity contribution < 1.29 is 14.3 Å². The van der Waals surface area contributed by atoms with Crippen LogP contribution in [0, 0.1) is 0 Å². The number of pyridine rings is 1. The highest BCUT2D eigenvalue weighted by atomic mass is 79.9. The van der Waals surface area contributed by atoms with E-state index in [1.807, 2.05) is 0 Å². The van der Waals surface area contributed by atoms with Gasteiger partial charge in [0.05, 0.1) is 22.1 Å². The number of benzene rings is 1. The predicted molar refractivity (Wildman–Crippen MR) is 109 cm³/mol. The van der Waals surface area contributed by atoms with Crippen LogP contribution in [0.4, 0.5) is 15.6 Å². The number of thiazole rings is 1. The Bertz CT molecular complexity index is 999. The van der Waals surface area contributed by atoms with Gasteiger partial charge >= 0.3 is 6.09 Å². The van der Waals surface area contributed by atoms with Gasteiger partial charge in [0.2, 0.25) is 0 Å². The van der Waals surface area contributed by atoms with Gasteiger partial charge in [-0.2, -0.15) is 0 Å². The van der Waals surface area contributed by atoms with Crippen LogP contribution in [0.3, 0.4) is 0 Å². The van der Waals surface area contributed by atoms with Gasteiger partial charge in [-0.3, -0.25) is 15.1 Å². The lowest BCUT2D eigenvalue weighted by molar-refractivity contribution is 0.0635. The summed E-state index contributed by atoms with van der Waals surface area (Å²) < 4.78 is 6.64. The first-order valence-corrected chi connectivity index (χ1v) is 9.64. The first-order valence-electron chi connectivity index (χ1n) is 8.03. The second-order valence-corrected chi connectivity index (χ2v) is 8.53. The Morgan fingerprint density at radius 1 is 1.22 bits per heavy atom. The average Bonchev–Trinajstić information content (AvgIpc) is 2.96. The first-order chi connectivity index (χ1) is 12.7. The maximum Gasteiger partial charge on any atom is 0.413 e. The summed E-state index contributed by atoms with van der Waals surface area (Å²) in [5, 5.41) is 5.80. The molecule has 3 rings (SSSR count). The molecule has 0 saturated heterocycles. The fourth-order valence-corrected chi connectivity index (χ4v) is 3.80. The zero-order chi connectivity index (χ0) is 19.6. The molecule has 0 atom stereocenters. The van der Waals surface area contributed by atoms with Crippen molar-refractivity contribution in [1.29, 1.82) is 0 Å². The minimum Gasteiger partial charge on any atom is -0.444 e. The number of carbonyl (C=O) groups is 2. The molecule has 140 valence electrons. The summed E-state index contributed by atoms with van der Waals surface area (Å²) in [5.74, 6) is -0.263. The molecule has 0 unspecified atom stereocenters. The third-order valence-electron chi connectivity index (χ3n) is 3.24. The van der Waals surface area contributed by atoms with E-state index in [1.54, 1.807) is 57.4 Å². The smallest absolute Gasteiger partial charge is 0.413 e. The molecule has 0 aliphatic rings. The van der Waals surface area contributed by atoms with Gasteiger partial charge in [0.1, 0.15) is 5.60 Å². The minimum atomic E-state index is -0.598. The van der Waals surface area contributed by atoms with Crippen LogP contribution in [0.25, 0.3) is 10.2 Å². The van der Waals surface area contributed by atoms with Crippen LogP contribution in [0.2, 0.25) is 0 Å². The Hall–Kier alpha value is -2.52. The molecule has 0 spiro atoms. The molecule has 2 N–H and O–H groups in total. The molecule has 1 aromatic carbocycles. The van der Waals surface area contributed by atoms with Crippen LogP contribution in [0.15, 0.2) is 41.1 Å². The van der Waals surface area contributed by atoms with Gasteiger partial charge in [0.15, 0.2) is 5.13 Å². The van der Waals surface area contributed by atoms with Crippen molar-refractivity contribution in [2.24, 2.45) is 0 Å². The van der Waals surface area contributed by atoms with Crippen molar-refractivity contribution in [2.45, 2.75) is 26.4 Å². The van der Waals surface area contributed by atoms with Crippen LogP contribution in [-0.4, -0.2) is 27.6 Å². The molecule has 0 bridgehead atoms. The number of fused-ring (bicyclic) bond motifs is 1. The summed E-state index contributed by atoms with van der Waals surface area (Å²) in [6, 6.07) is 6.91. The summed E-state index contributed by atoms with van der Waals surface area (Å²) in [6.45, 7) is 5.36. The first kappa shape index (κ1) is 19.2. The largest absolute Gasteiger partial charge is 0.444 e. The van der Waals surface area contributed by atoms with E-state index in [9.17, 15) is 9.59 Å². The standard InChI is InChI=1S/C18H17BrN4O3S/c1-18(2,3)26-17(25)23-16-22-14-12(19)7-10(8-13(14)27-16)15(24)21-11-5-4-6-20-9-11/h4-9H,1-3H3,(H,21,24)(H,22,23,25). The van der Waals surface area contributed by atoms with Gasteiger partial charge < -0.3 is 10.1 Å². The number of hydrogen-bond acceptors (Lipinski definition) is 6. The summed E-state index contributed by atoms with van der Waals surface area (Å²) in [5.41, 5.74) is 1.13. The summed E-state index contributed by atoms with van der Waals surface area (Å²) in [4.78, 5) is 32.8. The number of ether oxygens (including phenoxy) is 1. The number of nitrogens with zero attached hydrogens (tertiary/aromatic N) is 2. The van der Waals surface area contributed by atoms with E-state index in [1.165, 1.54) is 11.3 Å². The van der Waals surface area contributed by atoms with Crippen molar-refractivity contribution in [3.05, 3.63) is 46.7 Å². The number of nitrogens with one attached hydrogen (secondary N) is 2. The normalized spacial score (nSPS) is 11.3. The van der Waals surface area contributed by atoms with E-state index in [-0.39, 0.29) is 5.91 Å². The Labute approximate surface area is 168 Å². The lowest BCUT2D eigenvalue weighted by Gasteiger charge is -2.18. The van der Waals surface area contributed by atoms with Crippen LogP contribution in [0.1, 0.15) is 31.1 Å². The van der Waals surface area contributed by atoms with E-state index in [4.69, 9.17) is 4.74 Å². The van der Waals surface area contributed by atoms with Crippen LogP contribution < -0.4 is 10.6 Å². The van der Waals surface area contributed by atoms with Crippen LogP contribution in [0.5, 0.6) is 0 Å². The summed E-state index contributed by atoms with van der Waals surface area (Å²) >= 11 is 4.70. The average molecular weight is 449 g/mol. The molecular formula is C18H17BrN4O3S. The number of halogens is 1. The van der Waals surface area contributed by atoms with Gasteiger partial charge in [0.25, 0.3) is 5.91 Å². The second kappa shape index (κ2) is 7.61. The number of aromatic nitrogens is 2. The quantitative estimate of drug-likeness (QED) is 0.584. The fraction of sp³-hybridized carbons (Fsp3) is 0.222. The zero-order valence-electron chi connectivity index (χ0n) is 14.9. The molecule has 0 saturated carbocycles. The van der Waals surface area contributed by atoms with Crippen molar-refractivity contribution >= 4 is 60.3 Å². The van der Waals surface area contributed by atoms with E-state index < -0.39 is 11.7 Å². The van der Waals surface area contributed by atoms with Gasteiger partial charge in [-0.15, -0.1) is 0 Å². The topological polar surface area (TPSA) is 93.2 Å². The molecule has 27 heavy (non-hydrogen) atoms. The second-order valence-electron chi connectivity index (χ2n) is 6.65. The molecule has 0 aliphatic heterocycles. The molecule has 0 radical (unpaired) electrons. The highest BCUT2D eigenvalue weighted by Crippen LogP contribution is 2.33. The van der Waals surface area contributed by atoms with Crippen LogP contribution in [-0.2, 0) is 4.74 Å². The number of hydrogen-bond donors (Lipinski definition) is 2.